The van der Waals surface area contributed by atoms with Crippen molar-refractivity contribution in [3.8, 4) is 11.8 Å². The van der Waals surface area contributed by atoms with Crippen molar-refractivity contribution in [1.29, 1.82) is 0 Å². The molecule has 1 aromatic rings. The standard InChI is InChI=1S/C19H23F2N3O5.C2H4/c1-19(27,18(20)21)15(17(26)23-28)22-16(25)14-6-4-13(5-7-14)3-2-8-24-9-11-29-12-10-24;1-2/h4-7,15,18,27-28H,8-12H2,1H3,(H,22,25)(H,23,26);1-2H2/t15?,19-;/m0./s1. The fourth-order valence-corrected chi connectivity index (χ4v) is 2.60. The number of carbonyl (C=O) groups excluding carboxylic acids is 2. The van der Waals surface area contributed by atoms with Gasteiger partial charge in [0.25, 0.3) is 18.2 Å². The van der Waals surface area contributed by atoms with E-state index in [-0.39, 0.29) is 5.56 Å². The first kappa shape index (κ1) is 26.2. The molecule has 2 rings (SSSR count). The number of hydroxylamine groups is 1. The summed E-state index contributed by atoms with van der Waals surface area (Å²) in [6.45, 7) is 10.3. The van der Waals surface area contributed by atoms with Gasteiger partial charge in [0, 0.05) is 24.2 Å². The summed E-state index contributed by atoms with van der Waals surface area (Å²) >= 11 is 0. The van der Waals surface area contributed by atoms with Crippen molar-refractivity contribution in [2.45, 2.75) is 25.0 Å². The number of aliphatic hydroxyl groups is 1. The Kier molecular flexibility index (Phi) is 10.8. The highest BCUT2D eigenvalue weighted by Gasteiger charge is 2.46. The van der Waals surface area contributed by atoms with E-state index in [2.05, 4.69) is 29.9 Å². The largest absolute Gasteiger partial charge is 0.381 e. The predicted molar refractivity (Wildman–Crippen MR) is 110 cm³/mol. The molecule has 1 fully saturated rings. The maximum atomic E-state index is 13.0. The molecule has 1 saturated heterocycles. The number of nitrogens with one attached hydrogen (secondary N) is 2. The van der Waals surface area contributed by atoms with E-state index in [1.54, 1.807) is 12.1 Å². The number of halogens is 2. The number of benzene rings is 1. The van der Waals surface area contributed by atoms with Gasteiger partial charge in [-0.25, -0.2) is 14.3 Å². The lowest BCUT2D eigenvalue weighted by Gasteiger charge is -2.30. The summed E-state index contributed by atoms with van der Waals surface area (Å²) in [4.78, 5) is 26.1. The van der Waals surface area contributed by atoms with E-state index >= 15 is 0 Å². The van der Waals surface area contributed by atoms with Crippen LogP contribution >= 0.6 is 0 Å². The average molecular weight is 439 g/mol. The molecule has 0 aromatic heterocycles. The first-order valence-corrected chi connectivity index (χ1v) is 9.40. The van der Waals surface area contributed by atoms with Crippen molar-refractivity contribution in [2.24, 2.45) is 0 Å². The third-order valence-corrected chi connectivity index (χ3v) is 4.46. The highest BCUT2D eigenvalue weighted by atomic mass is 19.3. The van der Waals surface area contributed by atoms with Crippen LogP contribution in [0.4, 0.5) is 8.78 Å². The number of ether oxygens (including phenoxy) is 1. The fraction of sp³-hybridized carbons (Fsp3) is 0.429. The summed E-state index contributed by atoms with van der Waals surface area (Å²) in [6.07, 6.45) is -3.34. The van der Waals surface area contributed by atoms with E-state index in [0.29, 0.717) is 32.2 Å². The molecule has 2 atom stereocenters. The molecule has 1 heterocycles. The Morgan fingerprint density at radius 2 is 1.84 bits per heavy atom. The van der Waals surface area contributed by atoms with E-state index < -0.39 is 29.9 Å². The van der Waals surface area contributed by atoms with Gasteiger partial charge in [-0.2, -0.15) is 0 Å². The minimum atomic E-state index is -3.34. The molecular formula is C21H27F2N3O5. The van der Waals surface area contributed by atoms with Gasteiger partial charge in [-0.15, -0.1) is 13.2 Å². The Hall–Kier alpha value is -2.84. The molecule has 1 aromatic carbocycles. The third kappa shape index (κ3) is 7.73. The van der Waals surface area contributed by atoms with Crippen molar-refractivity contribution in [2.75, 3.05) is 32.8 Å². The summed E-state index contributed by atoms with van der Waals surface area (Å²) in [6, 6.07) is 3.92. The number of alkyl halides is 2. The monoisotopic (exact) mass is 439 g/mol. The lowest BCUT2D eigenvalue weighted by molar-refractivity contribution is -0.149. The van der Waals surface area contributed by atoms with Crippen LogP contribution in [0.25, 0.3) is 0 Å². The smallest absolute Gasteiger partial charge is 0.269 e. The summed E-state index contributed by atoms with van der Waals surface area (Å²) in [7, 11) is 0. The Balaban J connectivity index is 0.00000233. The summed E-state index contributed by atoms with van der Waals surface area (Å²) < 4.78 is 31.3. The van der Waals surface area contributed by atoms with Crippen LogP contribution in [0.15, 0.2) is 37.4 Å². The molecule has 1 unspecified atom stereocenters. The maximum absolute atomic E-state index is 13.0. The van der Waals surface area contributed by atoms with Gasteiger partial charge in [-0.1, -0.05) is 11.8 Å². The normalized spacial score (nSPS) is 16.6. The summed E-state index contributed by atoms with van der Waals surface area (Å²) in [5, 5.41) is 20.6. The predicted octanol–water partition coefficient (Wildman–Crippen LogP) is 0.792. The Morgan fingerprint density at radius 3 is 2.35 bits per heavy atom. The number of amides is 2. The summed E-state index contributed by atoms with van der Waals surface area (Å²) in [5.74, 6) is 3.76. The Bertz CT molecular complexity index is 784. The molecule has 0 bridgehead atoms. The van der Waals surface area contributed by atoms with Crippen molar-refractivity contribution in [3.05, 3.63) is 48.6 Å². The molecule has 10 heteroatoms. The van der Waals surface area contributed by atoms with Gasteiger partial charge in [0.1, 0.15) is 6.04 Å². The number of carbonyl (C=O) groups is 2. The summed E-state index contributed by atoms with van der Waals surface area (Å²) in [5.41, 5.74) is -0.991. The second-order valence-electron chi connectivity index (χ2n) is 6.68. The van der Waals surface area contributed by atoms with E-state index in [9.17, 15) is 23.5 Å². The van der Waals surface area contributed by atoms with Gasteiger partial charge in [0.05, 0.1) is 19.8 Å². The van der Waals surface area contributed by atoms with Crippen LogP contribution in [0.3, 0.4) is 0 Å². The van der Waals surface area contributed by atoms with Gasteiger partial charge < -0.3 is 15.2 Å². The van der Waals surface area contributed by atoms with Crippen LogP contribution in [0.2, 0.25) is 0 Å². The minimum absolute atomic E-state index is 0.0736. The zero-order valence-electron chi connectivity index (χ0n) is 17.2. The number of morpholine rings is 1. The molecule has 8 nitrogen and oxygen atoms in total. The molecule has 2 amide bonds. The van der Waals surface area contributed by atoms with Crippen LogP contribution in [-0.4, -0.2) is 77.9 Å². The van der Waals surface area contributed by atoms with E-state index in [1.807, 2.05) is 5.32 Å². The molecule has 0 aliphatic carbocycles. The fourth-order valence-electron chi connectivity index (χ4n) is 2.60. The van der Waals surface area contributed by atoms with Gasteiger partial charge in [-0.05, 0) is 31.2 Å². The van der Waals surface area contributed by atoms with Gasteiger partial charge in [0.2, 0.25) is 0 Å². The lowest BCUT2D eigenvalue weighted by Crippen LogP contribution is -2.61. The molecule has 31 heavy (non-hydrogen) atoms. The topological polar surface area (TPSA) is 111 Å². The zero-order chi connectivity index (χ0) is 23.4. The van der Waals surface area contributed by atoms with Crippen LogP contribution in [-0.2, 0) is 9.53 Å². The van der Waals surface area contributed by atoms with E-state index in [4.69, 9.17) is 9.94 Å². The second kappa shape index (κ2) is 12.8. The van der Waals surface area contributed by atoms with Crippen LogP contribution in [0, 0.1) is 11.8 Å². The van der Waals surface area contributed by atoms with Gasteiger partial charge in [0.15, 0.2) is 5.60 Å². The first-order chi connectivity index (χ1) is 14.8. The van der Waals surface area contributed by atoms with Crippen LogP contribution in [0.1, 0.15) is 22.8 Å². The molecule has 0 radical (unpaired) electrons. The van der Waals surface area contributed by atoms with Crippen LogP contribution < -0.4 is 10.8 Å². The molecule has 0 saturated carbocycles. The SMILES string of the molecule is C=C.C[C@@](O)(C(F)F)C(NC(=O)c1ccc(C#CCN2CCOCC2)cc1)C(=O)NO. The number of nitrogens with zero attached hydrogens (tertiary/aromatic N) is 1. The molecule has 1 aliphatic rings. The minimum Gasteiger partial charge on any atom is -0.381 e. The maximum Gasteiger partial charge on any atom is 0.269 e. The van der Waals surface area contributed by atoms with Gasteiger partial charge in [-0.3, -0.25) is 19.7 Å². The number of rotatable bonds is 6. The second-order valence-corrected chi connectivity index (χ2v) is 6.68. The Labute approximate surface area is 179 Å². The van der Waals surface area contributed by atoms with Crippen molar-refractivity contribution in [1.82, 2.24) is 15.7 Å². The average Bonchev–Trinajstić information content (AvgIpc) is 2.79. The van der Waals surface area contributed by atoms with Crippen molar-refractivity contribution < 1.29 is 33.4 Å². The molecular weight excluding hydrogens is 412 g/mol. The number of hydrogen-bond donors (Lipinski definition) is 4. The van der Waals surface area contributed by atoms with E-state index in [1.165, 1.54) is 17.6 Å². The van der Waals surface area contributed by atoms with Gasteiger partial charge >= 0.3 is 0 Å². The van der Waals surface area contributed by atoms with Crippen LogP contribution in [0.5, 0.6) is 0 Å². The molecule has 170 valence electrons. The first-order valence-electron chi connectivity index (χ1n) is 9.40. The Morgan fingerprint density at radius 1 is 1.26 bits per heavy atom. The zero-order valence-corrected chi connectivity index (χ0v) is 17.2. The third-order valence-electron chi connectivity index (χ3n) is 4.46. The van der Waals surface area contributed by atoms with E-state index in [0.717, 1.165) is 13.1 Å². The molecule has 4 N–H and O–H groups in total. The highest BCUT2D eigenvalue weighted by molar-refractivity contribution is 5.97. The van der Waals surface area contributed by atoms with Crippen molar-refractivity contribution >= 4 is 11.8 Å². The highest BCUT2D eigenvalue weighted by Crippen LogP contribution is 2.20. The number of hydrogen-bond acceptors (Lipinski definition) is 6. The molecule has 0 spiro atoms. The van der Waals surface area contributed by atoms with Crippen molar-refractivity contribution in [3.63, 3.8) is 0 Å². The quantitative estimate of drug-likeness (QED) is 0.226. The molecule has 1 aliphatic heterocycles. The lowest BCUT2D eigenvalue weighted by atomic mass is 9.95.